The topological polar surface area (TPSA) is 82.7 Å². The summed E-state index contributed by atoms with van der Waals surface area (Å²) in [7, 11) is 0. The zero-order valence-electron chi connectivity index (χ0n) is 17.3. The van der Waals surface area contributed by atoms with Gasteiger partial charge in [-0.3, -0.25) is 4.79 Å². The predicted octanol–water partition coefficient (Wildman–Crippen LogP) is 4.60. The van der Waals surface area contributed by atoms with E-state index in [1.165, 1.54) is 0 Å². The van der Waals surface area contributed by atoms with E-state index in [0.29, 0.717) is 23.5 Å². The van der Waals surface area contributed by atoms with Crippen molar-refractivity contribution in [2.45, 2.75) is 31.8 Å². The summed E-state index contributed by atoms with van der Waals surface area (Å²) in [6.45, 7) is 3.12. The van der Waals surface area contributed by atoms with Gasteiger partial charge in [0, 0.05) is 42.1 Å². The summed E-state index contributed by atoms with van der Waals surface area (Å²) >= 11 is 3.42. The Balaban J connectivity index is 1.48. The fourth-order valence-corrected chi connectivity index (χ4v) is 4.37. The van der Waals surface area contributed by atoms with Gasteiger partial charge < -0.3 is 25.6 Å². The smallest absolute Gasteiger partial charge is 0.323 e. The number of hydrogen-bond acceptors (Lipinski definition) is 4. The number of halogens is 1. The van der Waals surface area contributed by atoms with E-state index < -0.39 is 0 Å². The minimum absolute atomic E-state index is 0.0793. The Morgan fingerprint density at radius 2 is 1.87 bits per heavy atom. The van der Waals surface area contributed by atoms with Crippen LogP contribution in [0.15, 0.2) is 46.9 Å². The van der Waals surface area contributed by atoms with Crippen molar-refractivity contribution in [2.24, 2.45) is 0 Å². The van der Waals surface area contributed by atoms with Crippen molar-refractivity contribution in [3.63, 3.8) is 0 Å². The largest absolute Gasteiger partial charge is 0.376 e. The van der Waals surface area contributed by atoms with Crippen LogP contribution in [-0.4, -0.2) is 44.3 Å². The molecule has 31 heavy (non-hydrogen) atoms. The molecule has 164 valence electrons. The molecule has 0 bridgehead atoms. The van der Waals surface area contributed by atoms with Crippen molar-refractivity contribution in [1.29, 1.82) is 0 Å². The first-order valence-corrected chi connectivity index (χ1v) is 11.5. The SMILES string of the molecule is O=C(Nc1ccc(N2CCCC2)c(C(=O)NCC2CCCO2)c1)Nc1ccccc1Br. The van der Waals surface area contributed by atoms with Gasteiger partial charge in [0.25, 0.3) is 5.91 Å². The number of ether oxygens (including phenoxy) is 1. The van der Waals surface area contributed by atoms with Crippen LogP contribution in [-0.2, 0) is 4.74 Å². The molecule has 0 aromatic heterocycles. The number of nitrogens with one attached hydrogen (secondary N) is 3. The van der Waals surface area contributed by atoms with Gasteiger partial charge in [-0.25, -0.2) is 4.79 Å². The lowest BCUT2D eigenvalue weighted by atomic mass is 10.1. The maximum absolute atomic E-state index is 13.0. The van der Waals surface area contributed by atoms with E-state index in [4.69, 9.17) is 4.74 Å². The summed E-state index contributed by atoms with van der Waals surface area (Å²) in [5, 5.41) is 8.66. The first kappa shape index (κ1) is 21.6. The molecule has 2 aliphatic heterocycles. The monoisotopic (exact) mass is 486 g/mol. The van der Waals surface area contributed by atoms with Crippen molar-refractivity contribution in [3.8, 4) is 0 Å². The summed E-state index contributed by atoms with van der Waals surface area (Å²) in [4.78, 5) is 27.7. The highest BCUT2D eigenvalue weighted by Gasteiger charge is 2.22. The van der Waals surface area contributed by atoms with E-state index in [0.717, 1.165) is 55.5 Å². The second-order valence-corrected chi connectivity index (χ2v) is 8.68. The Kier molecular flexibility index (Phi) is 7.09. The predicted molar refractivity (Wildman–Crippen MR) is 126 cm³/mol. The van der Waals surface area contributed by atoms with Gasteiger partial charge in [-0.1, -0.05) is 12.1 Å². The van der Waals surface area contributed by atoms with Crippen LogP contribution in [0.25, 0.3) is 0 Å². The molecule has 2 heterocycles. The average molecular weight is 487 g/mol. The summed E-state index contributed by atoms with van der Waals surface area (Å²) < 4.78 is 6.41. The minimum atomic E-state index is -0.369. The van der Waals surface area contributed by atoms with Crippen LogP contribution < -0.4 is 20.9 Å². The third-order valence-electron chi connectivity index (χ3n) is 5.58. The molecular formula is C23H27BrN4O3. The molecule has 2 fully saturated rings. The molecule has 0 spiro atoms. The standard InChI is InChI=1S/C23H27BrN4O3/c24-19-7-1-2-8-20(19)27-23(30)26-16-9-10-21(28-11-3-4-12-28)18(14-16)22(29)25-15-17-6-5-13-31-17/h1-2,7-10,14,17H,3-6,11-13,15H2,(H,25,29)(H2,26,27,30). The molecule has 2 aliphatic rings. The van der Waals surface area contributed by atoms with E-state index in [1.807, 2.05) is 36.4 Å². The molecule has 3 N–H and O–H groups in total. The van der Waals surface area contributed by atoms with Crippen molar-refractivity contribution in [1.82, 2.24) is 5.32 Å². The van der Waals surface area contributed by atoms with Crippen LogP contribution in [0, 0.1) is 0 Å². The first-order valence-electron chi connectivity index (χ1n) is 10.7. The molecule has 7 nitrogen and oxygen atoms in total. The molecule has 2 saturated heterocycles. The lowest BCUT2D eigenvalue weighted by molar-refractivity contribution is 0.0858. The maximum Gasteiger partial charge on any atom is 0.323 e. The molecule has 4 rings (SSSR count). The number of benzene rings is 2. The molecule has 1 atom stereocenters. The van der Waals surface area contributed by atoms with Crippen molar-refractivity contribution in [2.75, 3.05) is 41.8 Å². The highest BCUT2D eigenvalue weighted by atomic mass is 79.9. The number of hydrogen-bond donors (Lipinski definition) is 3. The first-order chi connectivity index (χ1) is 15.1. The number of amides is 3. The summed E-state index contributed by atoms with van der Waals surface area (Å²) in [5.74, 6) is -0.146. The maximum atomic E-state index is 13.0. The van der Waals surface area contributed by atoms with Crippen LogP contribution in [0.2, 0.25) is 0 Å². The van der Waals surface area contributed by atoms with E-state index in [1.54, 1.807) is 6.07 Å². The number of carbonyl (C=O) groups excluding carboxylic acids is 2. The number of urea groups is 1. The molecular weight excluding hydrogens is 460 g/mol. The lowest BCUT2D eigenvalue weighted by Crippen LogP contribution is -2.33. The minimum Gasteiger partial charge on any atom is -0.376 e. The number of anilines is 3. The van der Waals surface area contributed by atoms with Crippen molar-refractivity contribution < 1.29 is 14.3 Å². The molecule has 0 saturated carbocycles. The quantitative estimate of drug-likeness (QED) is 0.556. The van der Waals surface area contributed by atoms with Crippen LogP contribution in [0.4, 0.5) is 21.9 Å². The molecule has 2 aromatic carbocycles. The normalized spacial score (nSPS) is 18.1. The van der Waals surface area contributed by atoms with Gasteiger partial charge in [-0.15, -0.1) is 0 Å². The molecule has 3 amide bonds. The molecule has 0 aliphatic carbocycles. The third-order valence-corrected chi connectivity index (χ3v) is 6.27. The molecule has 2 aromatic rings. The van der Waals surface area contributed by atoms with E-state index in [-0.39, 0.29) is 18.0 Å². The average Bonchev–Trinajstić information content (AvgIpc) is 3.48. The van der Waals surface area contributed by atoms with Gasteiger partial charge in [0.15, 0.2) is 0 Å². The summed E-state index contributed by atoms with van der Waals surface area (Å²) in [6, 6.07) is 12.5. The van der Waals surface area contributed by atoms with Crippen LogP contribution in [0.5, 0.6) is 0 Å². The highest BCUT2D eigenvalue weighted by molar-refractivity contribution is 9.10. The van der Waals surface area contributed by atoms with Gasteiger partial charge in [-0.2, -0.15) is 0 Å². The van der Waals surface area contributed by atoms with Crippen molar-refractivity contribution in [3.05, 3.63) is 52.5 Å². The van der Waals surface area contributed by atoms with Gasteiger partial charge >= 0.3 is 6.03 Å². The Morgan fingerprint density at radius 1 is 1.06 bits per heavy atom. The Morgan fingerprint density at radius 3 is 2.61 bits per heavy atom. The molecule has 8 heteroatoms. The fourth-order valence-electron chi connectivity index (χ4n) is 3.98. The zero-order valence-corrected chi connectivity index (χ0v) is 18.9. The number of rotatable bonds is 6. The third kappa shape index (κ3) is 5.57. The van der Waals surface area contributed by atoms with E-state index in [2.05, 4.69) is 36.8 Å². The Bertz CT molecular complexity index is 940. The van der Waals surface area contributed by atoms with Gasteiger partial charge in [0.05, 0.1) is 17.4 Å². The molecule has 1 unspecified atom stereocenters. The van der Waals surface area contributed by atoms with Crippen LogP contribution >= 0.6 is 15.9 Å². The Labute approximate surface area is 190 Å². The van der Waals surface area contributed by atoms with Gasteiger partial charge in [0.1, 0.15) is 0 Å². The van der Waals surface area contributed by atoms with Crippen LogP contribution in [0.1, 0.15) is 36.0 Å². The Hall–Kier alpha value is -2.58. The van der Waals surface area contributed by atoms with E-state index >= 15 is 0 Å². The highest BCUT2D eigenvalue weighted by Crippen LogP contribution is 2.28. The fraction of sp³-hybridized carbons (Fsp3) is 0.391. The van der Waals surface area contributed by atoms with Crippen LogP contribution in [0.3, 0.4) is 0 Å². The summed E-state index contributed by atoms with van der Waals surface area (Å²) in [6.07, 6.45) is 4.31. The van der Waals surface area contributed by atoms with Gasteiger partial charge in [0.2, 0.25) is 0 Å². The molecule has 0 radical (unpaired) electrons. The summed E-state index contributed by atoms with van der Waals surface area (Å²) in [5.41, 5.74) is 2.70. The van der Waals surface area contributed by atoms with Gasteiger partial charge in [-0.05, 0) is 71.9 Å². The zero-order chi connectivity index (χ0) is 21.6. The van der Waals surface area contributed by atoms with E-state index in [9.17, 15) is 9.59 Å². The second-order valence-electron chi connectivity index (χ2n) is 7.83. The second kappa shape index (κ2) is 10.2. The lowest BCUT2D eigenvalue weighted by Gasteiger charge is -2.22. The van der Waals surface area contributed by atoms with Crippen molar-refractivity contribution >= 4 is 44.9 Å². The number of para-hydroxylation sites is 1. The number of nitrogens with zero attached hydrogens (tertiary/aromatic N) is 1. The number of carbonyl (C=O) groups is 2.